The van der Waals surface area contributed by atoms with E-state index in [2.05, 4.69) is 29.4 Å². The van der Waals surface area contributed by atoms with Gasteiger partial charge in [-0.3, -0.25) is 4.79 Å². The number of nitrogens with zero attached hydrogens (tertiary/aromatic N) is 1. The van der Waals surface area contributed by atoms with Crippen LogP contribution in [0.4, 0.5) is 4.39 Å². The Hall–Kier alpha value is -2.17. The minimum atomic E-state index is -0.225. The molecule has 110 valence electrons. The number of hydrogen-bond donors (Lipinski definition) is 2. The monoisotopic (exact) mass is 287 g/mol. The van der Waals surface area contributed by atoms with Crippen LogP contribution in [0.1, 0.15) is 37.1 Å². The fourth-order valence-electron chi connectivity index (χ4n) is 3.22. The van der Waals surface area contributed by atoms with Crippen molar-refractivity contribution in [1.82, 2.24) is 10.4 Å². The second kappa shape index (κ2) is 4.69. The molecule has 1 amide bonds. The van der Waals surface area contributed by atoms with Gasteiger partial charge >= 0.3 is 0 Å². The van der Waals surface area contributed by atoms with Crippen molar-refractivity contribution in [3.05, 3.63) is 34.8 Å². The zero-order chi connectivity index (χ0) is 15.2. The molecule has 3 rings (SSSR count). The largest absolute Gasteiger partial charge is 0.358 e. The van der Waals surface area contributed by atoms with Crippen molar-refractivity contribution < 1.29 is 9.18 Å². The maximum absolute atomic E-state index is 13.9. The highest BCUT2D eigenvalue weighted by molar-refractivity contribution is 6.14. The summed E-state index contributed by atoms with van der Waals surface area (Å²) in [6, 6.07) is 3.24. The summed E-state index contributed by atoms with van der Waals surface area (Å²) in [6.45, 7) is 6.09. The van der Waals surface area contributed by atoms with Gasteiger partial charge in [-0.05, 0) is 42.9 Å². The molecule has 1 aliphatic carbocycles. The predicted molar refractivity (Wildman–Crippen MR) is 80.8 cm³/mol. The third-order valence-corrected chi connectivity index (χ3v) is 4.08. The summed E-state index contributed by atoms with van der Waals surface area (Å²) in [7, 11) is 0. The van der Waals surface area contributed by atoms with Crippen molar-refractivity contribution in [3.63, 3.8) is 0 Å². The maximum atomic E-state index is 13.9. The van der Waals surface area contributed by atoms with Crippen LogP contribution in [0, 0.1) is 18.2 Å². The predicted octanol–water partition coefficient (Wildman–Crippen LogP) is 3.04. The molecule has 0 fully saturated rings. The summed E-state index contributed by atoms with van der Waals surface area (Å²) in [6.07, 6.45) is 2.17. The molecule has 2 N–H and O–H groups in total. The molecule has 0 spiro atoms. The average Bonchev–Trinajstić information content (AvgIpc) is 2.77. The summed E-state index contributed by atoms with van der Waals surface area (Å²) < 4.78 is 13.9. The third-order valence-electron chi connectivity index (χ3n) is 4.08. The number of hydrogen-bond acceptors (Lipinski definition) is 2. The normalized spacial score (nSPS) is 18.8. The molecular weight excluding hydrogens is 269 g/mol. The molecule has 0 saturated heterocycles. The molecule has 0 radical (unpaired) electrons. The maximum Gasteiger partial charge on any atom is 0.227 e. The minimum Gasteiger partial charge on any atom is -0.358 e. The van der Waals surface area contributed by atoms with E-state index < -0.39 is 0 Å². The quantitative estimate of drug-likeness (QED) is 0.647. The van der Waals surface area contributed by atoms with Crippen molar-refractivity contribution in [2.24, 2.45) is 10.5 Å². The molecule has 0 aliphatic heterocycles. The topological polar surface area (TPSA) is 57.2 Å². The summed E-state index contributed by atoms with van der Waals surface area (Å²) in [5.74, 6) is -0.225. The standard InChI is InChI=1S/C16H18FN3O/c1-9-10(17)4-5-11-14(9)15-12(19-11)6-16(2,3)7-13(15)20-18-8-21/h4-5,8,19H,6-7H2,1-3H3,(H,18,21)/b20-13-. The first kappa shape index (κ1) is 13.8. The number of hydrazone groups is 1. The van der Waals surface area contributed by atoms with E-state index in [1.165, 1.54) is 6.07 Å². The lowest BCUT2D eigenvalue weighted by Crippen LogP contribution is -2.28. The fourth-order valence-corrected chi connectivity index (χ4v) is 3.22. The smallest absolute Gasteiger partial charge is 0.227 e. The fraction of sp³-hybridized carbons (Fsp3) is 0.375. The Kier molecular flexibility index (Phi) is 3.08. The van der Waals surface area contributed by atoms with E-state index in [1.807, 2.05) is 0 Å². The number of benzene rings is 1. The number of fused-ring (bicyclic) bond motifs is 3. The van der Waals surface area contributed by atoms with Gasteiger partial charge in [0, 0.05) is 22.2 Å². The van der Waals surface area contributed by atoms with E-state index in [0.717, 1.165) is 40.7 Å². The van der Waals surface area contributed by atoms with Gasteiger partial charge in [-0.1, -0.05) is 13.8 Å². The summed E-state index contributed by atoms with van der Waals surface area (Å²) in [5.41, 5.74) is 6.75. The molecule has 1 aromatic carbocycles. The zero-order valence-electron chi connectivity index (χ0n) is 12.4. The Morgan fingerprint density at radius 3 is 2.86 bits per heavy atom. The van der Waals surface area contributed by atoms with E-state index in [1.54, 1.807) is 13.0 Å². The van der Waals surface area contributed by atoms with Crippen LogP contribution in [0.25, 0.3) is 10.9 Å². The Morgan fingerprint density at radius 2 is 2.14 bits per heavy atom. The number of nitrogens with one attached hydrogen (secondary N) is 2. The Bertz CT molecular complexity index is 758. The molecule has 1 aromatic heterocycles. The Balaban J connectivity index is 2.31. The van der Waals surface area contributed by atoms with Gasteiger partial charge in [-0.25, -0.2) is 9.82 Å². The van der Waals surface area contributed by atoms with Crippen molar-refractivity contribution in [3.8, 4) is 0 Å². The van der Waals surface area contributed by atoms with Crippen LogP contribution in [0.3, 0.4) is 0 Å². The number of H-pyrrole nitrogens is 1. The number of halogens is 1. The van der Waals surface area contributed by atoms with E-state index >= 15 is 0 Å². The molecule has 0 unspecified atom stereocenters. The van der Waals surface area contributed by atoms with Gasteiger partial charge < -0.3 is 4.98 Å². The first-order chi connectivity index (χ1) is 9.93. The number of carbonyl (C=O) groups excluding carboxylic acids is 1. The number of aryl methyl sites for hydroxylation is 1. The van der Waals surface area contributed by atoms with Gasteiger partial charge in [0.1, 0.15) is 5.82 Å². The van der Waals surface area contributed by atoms with Crippen LogP contribution in [-0.2, 0) is 11.2 Å². The Labute approximate surface area is 122 Å². The molecule has 1 heterocycles. The van der Waals surface area contributed by atoms with Crippen molar-refractivity contribution >= 4 is 23.0 Å². The lowest BCUT2D eigenvalue weighted by molar-refractivity contribution is -0.109. The second-order valence-corrected chi connectivity index (χ2v) is 6.40. The Morgan fingerprint density at radius 1 is 1.38 bits per heavy atom. The number of aromatic amines is 1. The molecular formula is C16H18FN3O. The van der Waals surface area contributed by atoms with Gasteiger partial charge in [0.2, 0.25) is 6.41 Å². The summed E-state index contributed by atoms with van der Waals surface area (Å²) in [4.78, 5) is 13.9. The van der Waals surface area contributed by atoms with Crippen LogP contribution in [0.2, 0.25) is 0 Å². The molecule has 4 nitrogen and oxygen atoms in total. The lowest BCUT2D eigenvalue weighted by atomic mass is 9.75. The van der Waals surface area contributed by atoms with Crippen LogP contribution < -0.4 is 5.43 Å². The van der Waals surface area contributed by atoms with Crippen LogP contribution in [0.15, 0.2) is 17.2 Å². The van der Waals surface area contributed by atoms with Gasteiger partial charge in [0.15, 0.2) is 0 Å². The number of rotatable bonds is 2. The average molecular weight is 287 g/mol. The van der Waals surface area contributed by atoms with Gasteiger partial charge in [0.05, 0.1) is 5.71 Å². The second-order valence-electron chi connectivity index (χ2n) is 6.40. The highest BCUT2D eigenvalue weighted by Crippen LogP contribution is 2.39. The highest BCUT2D eigenvalue weighted by Gasteiger charge is 2.33. The van der Waals surface area contributed by atoms with E-state index in [0.29, 0.717) is 12.0 Å². The van der Waals surface area contributed by atoms with Gasteiger partial charge in [-0.2, -0.15) is 5.10 Å². The van der Waals surface area contributed by atoms with Gasteiger partial charge in [0.25, 0.3) is 0 Å². The van der Waals surface area contributed by atoms with Crippen molar-refractivity contribution in [2.45, 2.75) is 33.6 Å². The van der Waals surface area contributed by atoms with Crippen molar-refractivity contribution in [1.29, 1.82) is 0 Å². The molecule has 1 aliphatic rings. The van der Waals surface area contributed by atoms with Crippen molar-refractivity contribution in [2.75, 3.05) is 0 Å². The van der Waals surface area contributed by atoms with Crippen LogP contribution >= 0.6 is 0 Å². The zero-order valence-corrected chi connectivity index (χ0v) is 12.4. The van der Waals surface area contributed by atoms with Crippen LogP contribution in [-0.4, -0.2) is 17.1 Å². The lowest BCUT2D eigenvalue weighted by Gasteiger charge is -2.30. The third kappa shape index (κ3) is 2.22. The minimum absolute atomic E-state index is 0.0454. The van der Waals surface area contributed by atoms with Gasteiger partial charge in [-0.15, -0.1) is 0 Å². The molecule has 0 saturated carbocycles. The summed E-state index contributed by atoms with van der Waals surface area (Å²) >= 11 is 0. The first-order valence-corrected chi connectivity index (χ1v) is 6.99. The molecule has 2 aromatic rings. The molecule has 0 atom stereocenters. The molecule has 5 heteroatoms. The SMILES string of the molecule is Cc1c(F)ccc2[nH]c3c(c12)/C(=N\NC=O)CC(C)(C)C3. The summed E-state index contributed by atoms with van der Waals surface area (Å²) in [5, 5.41) is 5.06. The highest BCUT2D eigenvalue weighted by atomic mass is 19.1. The molecule has 21 heavy (non-hydrogen) atoms. The van der Waals surface area contributed by atoms with E-state index in [9.17, 15) is 9.18 Å². The number of carbonyl (C=O) groups is 1. The van der Waals surface area contributed by atoms with E-state index in [4.69, 9.17) is 0 Å². The van der Waals surface area contributed by atoms with Crippen LogP contribution in [0.5, 0.6) is 0 Å². The first-order valence-electron chi connectivity index (χ1n) is 6.99. The number of aromatic nitrogens is 1. The van der Waals surface area contributed by atoms with E-state index in [-0.39, 0.29) is 11.2 Å². The molecule has 0 bridgehead atoms. The number of amides is 1.